The molecule has 140 valence electrons. The summed E-state index contributed by atoms with van der Waals surface area (Å²) in [5, 5.41) is 2.77. The summed E-state index contributed by atoms with van der Waals surface area (Å²) in [7, 11) is 0. The van der Waals surface area contributed by atoms with Gasteiger partial charge in [0, 0.05) is 12.6 Å². The van der Waals surface area contributed by atoms with Crippen LogP contribution in [-0.2, 0) is 15.1 Å². The van der Waals surface area contributed by atoms with Crippen molar-refractivity contribution in [2.45, 2.75) is 58.0 Å². The average molecular weight is 357 g/mol. The summed E-state index contributed by atoms with van der Waals surface area (Å²) >= 11 is 0. The Bertz CT molecular complexity index is 716. The van der Waals surface area contributed by atoms with Crippen LogP contribution in [0.15, 0.2) is 24.3 Å². The number of amides is 4. The maximum atomic E-state index is 13.0. The van der Waals surface area contributed by atoms with E-state index in [4.69, 9.17) is 0 Å². The van der Waals surface area contributed by atoms with Crippen LogP contribution in [0.2, 0.25) is 0 Å². The van der Waals surface area contributed by atoms with Crippen molar-refractivity contribution in [3.8, 4) is 0 Å². The molecule has 2 saturated heterocycles. The third-order valence-electron chi connectivity index (χ3n) is 5.62. The van der Waals surface area contributed by atoms with Crippen LogP contribution < -0.4 is 5.32 Å². The molecule has 2 aliphatic heterocycles. The Morgan fingerprint density at radius 2 is 1.92 bits per heavy atom. The highest BCUT2D eigenvalue weighted by Gasteiger charge is 2.49. The zero-order valence-electron chi connectivity index (χ0n) is 15.7. The van der Waals surface area contributed by atoms with Gasteiger partial charge < -0.3 is 10.2 Å². The first-order chi connectivity index (χ1) is 12.4. The van der Waals surface area contributed by atoms with Crippen molar-refractivity contribution < 1.29 is 14.4 Å². The Balaban J connectivity index is 1.76. The summed E-state index contributed by atoms with van der Waals surface area (Å²) in [6, 6.07) is 7.21. The lowest BCUT2D eigenvalue weighted by Crippen LogP contribution is -2.49. The number of imide groups is 1. The Morgan fingerprint density at radius 3 is 2.58 bits per heavy atom. The minimum atomic E-state index is -1.13. The summed E-state index contributed by atoms with van der Waals surface area (Å²) in [6.07, 6.45) is 3.98. The number of urea groups is 1. The zero-order valence-corrected chi connectivity index (χ0v) is 15.7. The summed E-state index contributed by atoms with van der Waals surface area (Å²) < 4.78 is 0. The van der Waals surface area contributed by atoms with Gasteiger partial charge in [-0.15, -0.1) is 0 Å². The molecule has 0 bridgehead atoms. The second-order valence-electron chi connectivity index (χ2n) is 7.46. The highest BCUT2D eigenvalue weighted by molar-refractivity contribution is 6.09. The maximum Gasteiger partial charge on any atom is 0.325 e. The number of hydrogen-bond acceptors (Lipinski definition) is 3. The SMILES string of the molecule is CC[C@H]1CCCCN1C(=O)CN1C(=O)N[C@](C)(c2ccc(C)cc2)C1=O. The van der Waals surface area contributed by atoms with Crippen LogP contribution in [-0.4, -0.2) is 46.8 Å². The second kappa shape index (κ2) is 7.09. The Kier molecular flexibility index (Phi) is 5.03. The van der Waals surface area contributed by atoms with E-state index in [-0.39, 0.29) is 24.4 Å². The summed E-state index contributed by atoms with van der Waals surface area (Å²) in [5.41, 5.74) is 0.676. The van der Waals surface area contributed by atoms with Gasteiger partial charge in [0.15, 0.2) is 0 Å². The van der Waals surface area contributed by atoms with Crippen molar-refractivity contribution in [2.24, 2.45) is 0 Å². The van der Waals surface area contributed by atoms with Crippen molar-refractivity contribution in [2.75, 3.05) is 13.1 Å². The lowest BCUT2D eigenvalue weighted by atomic mass is 9.91. The highest BCUT2D eigenvalue weighted by atomic mass is 16.2. The Hall–Kier alpha value is -2.37. The van der Waals surface area contributed by atoms with E-state index in [9.17, 15) is 14.4 Å². The molecule has 26 heavy (non-hydrogen) atoms. The fourth-order valence-electron chi connectivity index (χ4n) is 3.90. The number of likely N-dealkylation sites (tertiary alicyclic amines) is 1. The number of aryl methyl sites for hydroxylation is 1. The molecule has 1 aromatic carbocycles. The standard InChI is InChI=1S/C20H27N3O3/c1-4-16-7-5-6-12-22(16)17(24)13-23-18(25)20(3,21-19(23)26)15-10-8-14(2)9-11-15/h8-11,16H,4-7,12-13H2,1-3H3,(H,21,26)/t16-,20+/m0/s1. The van der Waals surface area contributed by atoms with Crippen LogP contribution in [0.25, 0.3) is 0 Å². The first kappa shape index (κ1) is 18.4. The van der Waals surface area contributed by atoms with Crippen molar-refractivity contribution in [1.82, 2.24) is 15.1 Å². The van der Waals surface area contributed by atoms with Crippen LogP contribution >= 0.6 is 0 Å². The van der Waals surface area contributed by atoms with Crippen molar-refractivity contribution in [1.29, 1.82) is 0 Å². The Morgan fingerprint density at radius 1 is 1.23 bits per heavy atom. The first-order valence-corrected chi connectivity index (χ1v) is 9.37. The topological polar surface area (TPSA) is 69.7 Å². The van der Waals surface area contributed by atoms with E-state index >= 15 is 0 Å². The quantitative estimate of drug-likeness (QED) is 0.842. The van der Waals surface area contributed by atoms with Gasteiger partial charge in [0.1, 0.15) is 12.1 Å². The van der Waals surface area contributed by atoms with E-state index in [0.29, 0.717) is 6.54 Å². The minimum absolute atomic E-state index is 0.145. The molecule has 0 aliphatic carbocycles. The summed E-state index contributed by atoms with van der Waals surface area (Å²) in [5.74, 6) is -0.516. The Labute approximate surface area is 154 Å². The molecule has 0 spiro atoms. The molecule has 1 N–H and O–H groups in total. The van der Waals surface area contributed by atoms with Crippen molar-refractivity contribution in [3.63, 3.8) is 0 Å². The van der Waals surface area contributed by atoms with Gasteiger partial charge in [-0.1, -0.05) is 36.8 Å². The number of nitrogens with one attached hydrogen (secondary N) is 1. The molecule has 3 rings (SSSR count). The van der Waals surface area contributed by atoms with E-state index in [0.717, 1.165) is 41.7 Å². The van der Waals surface area contributed by atoms with E-state index in [1.807, 2.05) is 36.1 Å². The lowest BCUT2D eigenvalue weighted by Gasteiger charge is -2.36. The van der Waals surface area contributed by atoms with E-state index in [1.165, 1.54) is 0 Å². The molecule has 0 saturated carbocycles. The normalized spacial score (nSPS) is 26.2. The van der Waals surface area contributed by atoms with Gasteiger partial charge in [-0.2, -0.15) is 0 Å². The largest absolute Gasteiger partial charge is 0.338 e. The van der Waals surface area contributed by atoms with Gasteiger partial charge in [-0.3, -0.25) is 14.5 Å². The number of carbonyl (C=O) groups excluding carboxylic acids is 3. The number of nitrogens with zero attached hydrogens (tertiary/aromatic N) is 2. The smallest absolute Gasteiger partial charge is 0.325 e. The molecule has 0 unspecified atom stereocenters. The van der Waals surface area contributed by atoms with Gasteiger partial charge in [-0.05, 0) is 45.1 Å². The average Bonchev–Trinajstić information content (AvgIpc) is 2.86. The molecular weight excluding hydrogens is 330 g/mol. The fourth-order valence-corrected chi connectivity index (χ4v) is 3.90. The molecular formula is C20H27N3O3. The number of benzene rings is 1. The molecule has 2 fully saturated rings. The molecule has 6 heteroatoms. The fraction of sp³-hybridized carbons (Fsp3) is 0.550. The van der Waals surface area contributed by atoms with Crippen LogP contribution in [0.5, 0.6) is 0 Å². The molecule has 4 amide bonds. The van der Waals surface area contributed by atoms with Crippen molar-refractivity contribution >= 4 is 17.8 Å². The number of piperidine rings is 1. The van der Waals surface area contributed by atoms with Crippen molar-refractivity contribution in [3.05, 3.63) is 35.4 Å². The first-order valence-electron chi connectivity index (χ1n) is 9.37. The van der Waals surface area contributed by atoms with Crippen LogP contribution in [0.1, 0.15) is 50.7 Å². The van der Waals surface area contributed by atoms with E-state index in [2.05, 4.69) is 12.2 Å². The lowest BCUT2D eigenvalue weighted by molar-refractivity contribution is -0.141. The van der Waals surface area contributed by atoms with Gasteiger partial charge in [0.2, 0.25) is 5.91 Å². The van der Waals surface area contributed by atoms with Crippen LogP contribution in [0.3, 0.4) is 0 Å². The summed E-state index contributed by atoms with van der Waals surface area (Å²) in [4.78, 5) is 41.1. The van der Waals surface area contributed by atoms with Crippen LogP contribution in [0.4, 0.5) is 4.79 Å². The molecule has 1 aromatic rings. The number of carbonyl (C=O) groups is 3. The maximum absolute atomic E-state index is 13.0. The predicted octanol–water partition coefficient (Wildman–Crippen LogP) is 2.55. The van der Waals surface area contributed by atoms with Crippen LogP contribution in [0, 0.1) is 6.92 Å². The van der Waals surface area contributed by atoms with Gasteiger partial charge in [-0.25, -0.2) is 4.79 Å². The predicted molar refractivity (Wildman–Crippen MR) is 98.4 cm³/mol. The highest BCUT2D eigenvalue weighted by Crippen LogP contribution is 2.29. The van der Waals surface area contributed by atoms with E-state index < -0.39 is 11.6 Å². The summed E-state index contributed by atoms with van der Waals surface area (Å²) in [6.45, 7) is 6.24. The van der Waals surface area contributed by atoms with E-state index in [1.54, 1.807) is 6.92 Å². The molecule has 2 aliphatic rings. The third-order valence-corrected chi connectivity index (χ3v) is 5.62. The van der Waals surface area contributed by atoms with Gasteiger partial charge in [0.05, 0.1) is 0 Å². The minimum Gasteiger partial charge on any atom is -0.338 e. The van der Waals surface area contributed by atoms with Gasteiger partial charge >= 0.3 is 6.03 Å². The second-order valence-corrected chi connectivity index (χ2v) is 7.46. The number of rotatable bonds is 4. The molecule has 0 aromatic heterocycles. The zero-order chi connectivity index (χ0) is 18.9. The third kappa shape index (κ3) is 3.20. The number of hydrogen-bond donors (Lipinski definition) is 1. The molecule has 2 heterocycles. The monoisotopic (exact) mass is 357 g/mol. The molecule has 2 atom stereocenters. The van der Waals surface area contributed by atoms with Gasteiger partial charge in [0.25, 0.3) is 5.91 Å². The molecule has 6 nitrogen and oxygen atoms in total. The molecule has 0 radical (unpaired) electrons.